The van der Waals surface area contributed by atoms with E-state index in [-0.39, 0.29) is 17.7 Å². The average Bonchev–Trinajstić information content (AvgIpc) is 3.02. The Morgan fingerprint density at radius 3 is 1.96 bits per heavy atom. The van der Waals surface area contributed by atoms with Gasteiger partial charge in [0.05, 0.1) is 18.6 Å². The lowest BCUT2D eigenvalue weighted by Gasteiger charge is -2.35. The first-order valence-electron chi connectivity index (χ1n) is 8.23. The maximum atomic E-state index is 13.5. The van der Waals surface area contributed by atoms with Gasteiger partial charge in [0.1, 0.15) is 17.2 Å². The van der Waals surface area contributed by atoms with Gasteiger partial charge in [-0.15, -0.1) is 0 Å². The Labute approximate surface area is 149 Å². The van der Waals surface area contributed by atoms with Gasteiger partial charge < -0.3 is 4.90 Å². The van der Waals surface area contributed by atoms with Gasteiger partial charge in [-0.2, -0.15) is 0 Å². The second-order valence-electron chi connectivity index (χ2n) is 6.17. The van der Waals surface area contributed by atoms with Crippen LogP contribution in [0.2, 0.25) is 0 Å². The summed E-state index contributed by atoms with van der Waals surface area (Å²) in [5.41, 5.74) is 0.833. The normalized spacial score (nSPS) is 18.3. The first-order valence-corrected chi connectivity index (χ1v) is 8.23. The van der Waals surface area contributed by atoms with E-state index in [1.165, 1.54) is 24.3 Å². The molecule has 0 saturated carbocycles. The third kappa shape index (κ3) is 2.54. The molecule has 1 unspecified atom stereocenters. The number of rotatable bonds is 3. The number of nitrogens with zero attached hydrogens (tertiary/aromatic N) is 4. The molecule has 2 aromatic carbocycles. The summed E-state index contributed by atoms with van der Waals surface area (Å²) in [5, 5.41) is 0. The predicted molar refractivity (Wildman–Crippen MR) is 96.0 cm³/mol. The second-order valence-corrected chi connectivity index (χ2v) is 6.17. The van der Waals surface area contributed by atoms with Crippen molar-refractivity contribution in [3.8, 4) is 0 Å². The fourth-order valence-electron chi connectivity index (χ4n) is 3.45. The largest absolute Gasteiger partial charge is 0.310 e. The highest BCUT2D eigenvalue weighted by molar-refractivity contribution is 5.83. The van der Waals surface area contributed by atoms with Crippen LogP contribution in [0.3, 0.4) is 0 Å². The first kappa shape index (κ1) is 16.3. The first-order chi connectivity index (χ1) is 12.6. The fourth-order valence-corrected chi connectivity index (χ4v) is 3.45. The number of anilines is 1. The topological polar surface area (TPSA) is 41.4 Å². The molecule has 6 heteroatoms. The van der Waals surface area contributed by atoms with Gasteiger partial charge in [0.2, 0.25) is 0 Å². The molecule has 1 aliphatic heterocycles. The van der Waals surface area contributed by atoms with E-state index in [1.807, 2.05) is 11.8 Å². The second kappa shape index (κ2) is 6.29. The summed E-state index contributed by atoms with van der Waals surface area (Å²) in [6.07, 6.45) is 6.59. The molecule has 1 aromatic heterocycles. The maximum absolute atomic E-state index is 13.5. The van der Waals surface area contributed by atoms with Gasteiger partial charge >= 0.3 is 0 Å². The standard InChI is InChI=1S/C20H16F2N4/c1-14-20(15-2-6-17(21)7-3-15,16-4-8-18(22)9-5-16)25-13-26(14)19-12-23-10-11-24-19/h2-14H,1H3. The van der Waals surface area contributed by atoms with Crippen LogP contribution in [0.25, 0.3) is 0 Å². The molecule has 130 valence electrons. The summed E-state index contributed by atoms with van der Waals surface area (Å²) >= 11 is 0. The fraction of sp³-hybridized carbons (Fsp3) is 0.150. The minimum absolute atomic E-state index is 0.171. The lowest BCUT2D eigenvalue weighted by atomic mass is 9.78. The average molecular weight is 350 g/mol. The van der Waals surface area contributed by atoms with E-state index in [1.54, 1.807) is 49.2 Å². The van der Waals surface area contributed by atoms with E-state index in [9.17, 15) is 8.78 Å². The summed E-state index contributed by atoms with van der Waals surface area (Å²) in [4.78, 5) is 15.2. The van der Waals surface area contributed by atoms with Crippen molar-refractivity contribution in [3.05, 3.63) is 89.9 Å². The van der Waals surface area contributed by atoms with E-state index in [0.717, 1.165) is 11.1 Å². The Bertz CT molecular complexity index is 879. The Morgan fingerprint density at radius 2 is 1.46 bits per heavy atom. The molecule has 4 nitrogen and oxygen atoms in total. The van der Waals surface area contributed by atoms with Crippen LogP contribution in [0.1, 0.15) is 18.1 Å². The van der Waals surface area contributed by atoms with Crippen molar-refractivity contribution in [2.45, 2.75) is 18.5 Å². The van der Waals surface area contributed by atoms with Crippen LogP contribution in [0, 0.1) is 11.6 Å². The Morgan fingerprint density at radius 1 is 0.885 bits per heavy atom. The summed E-state index contributed by atoms with van der Waals surface area (Å²) in [7, 11) is 0. The molecule has 0 amide bonds. The molecule has 0 N–H and O–H groups in total. The SMILES string of the molecule is CC1N(c2cnccn2)C=NC1(c1ccc(F)cc1)c1ccc(F)cc1. The molecule has 1 aliphatic rings. The van der Waals surface area contributed by atoms with Gasteiger partial charge in [0, 0.05) is 12.4 Å². The van der Waals surface area contributed by atoms with Crippen LogP contribution in [-0.4, -0.2) is 22.3 Å². The molecule has 4 rings (SSSR count). The highest BCUT2D eigenvalue weighted by atomic mass is 19.1. The number of benzene rings is 2. The minimum atomic E-state index is -0.807. The van der Waals surface area contributed by atoms with Crippen LogP contribution in [0.4, 0.5) is 14.6 Å². The molecule has 2 heterocycles. The van der Waals surface area contributed by atoms with Crippen molar-refractivity contribution < 1.29 is 8.78 Å². The molecule has 0 bridgehead atoms. The minimum Gasteiger partial charge on any atom is -0.310 e. The van der Waals surface area contributed by atoms with Crippen LogP contribution in [0.15, 0.2) is 72.1 Å². The summed E-state index contributed by atoms with van der Waals surface area (Å²) in [5.74, 6) is 0.0293. The molecular weight excluding hydrogens is 334 g/mol. The third-order valence-electron chi connectivity index (χ3n) is 4.79. The maximum Gasteiger partial charge on any atom is 0.152 e. The van der Waals surface area contributed by atoms with Gasteiger partial charge in [-0.25, -0.2) is 13.8 Å². The molecule has 0 saturated heterocycles. The highest BCUT2D eigenvalue weighted by Crippen LogP contribution is 2.43. The number of aromatic nitrogens is 2. The van der Waals surface area contributed by atoms with E-state index in [2.05, 4.69) is 9.97 Å². The summed E-state index contributed by atoms with van der Waals surface area (Å²) in [6.45, 7) is 2.01. The van der Waals surface area contributed by atoms with Crippen molar-refractivity contribution >= 4 is 12.2 Å². The zero-order valence-corrected chi connectivity index (χ0v) is 14.1. The predicted octanol–water partition coefficient (Wildman–Crippen LogP) is 3.94. The van der Waals surface area contributed by atoms with Crippen molar-refractivity contribution in [2.24, 2.45) is 4.99 Å². The summed E-state index contributed by atoms with van der Waals surface area (Å²) < 4.78 is 27.0. The van der Waals surface area contributed by atoms with Crippen LogP contribution in [0.5, 0.6) is 0 Å². The zero-order valence-electron chi connectivity index (χ0n) is 14.1. The third-order valence-corrected chi connectivity index (χ3v) is 4.79. The van der Waals surface area contributed by atoms with Gasteiger partial charge in [-0.3, -0.25) is 9.98 Å². The summed E-state index contributed by atoms with van der Waals surface area (Å²) in [6, 6.07) is 12.3. The molecule has 0 spiro atoms. The smallest absolute Gasteiger partial charge is 0.152 e. The van der Waals surface area contributed by atoms with E-state index < -0.39 is 5.54 Å². The molecule has 1 atom stereocenters. The molecule has 26 heavy (non-hydrogen) atoms. The Hall–Kier alpha value is -3.15. The van der Waals surface area contributed by atoms with Gasteiger partial charge in [0.25, 0.3) is 0 Å². The molecule has 0 fully saturated rings. The van der Waals surface area contributed by atoms with Crippen LogP contribution in [-0.2, 0) is 5.54 Å². The molecular formula is C20H16F2N4. The van der Waals surface area contributed by atoms with Crippen LogP contribution >= 0.6 is 0 Å². The molecule has 0 radical (unpaired) electrons. The van der Waals surface area contributed by atoms with Gasteiger partial charge in [-0.1, -0.05) is 24.3 Å². The number of aliphatic imine (C=N–C) groups is 1. The van der Waals surface area contributed by atoms with Crippen molar-refractivity contribution in [2.75, 3.05) is 4.90 Å². The van der Waals surface area contributed by atoms with E-state index >= 15 is 0 Å². The quantitative estimate of drug-likeness (QED) is 0.719. The van der Waals surface area contributed by atoms with E-state index in [0.29, 0.717) is 5.82 Å². The van der Waals surface area contributed by atoms with Crippen LogP contribution < -0.4 is 4.90 Å². The number of halogens is 2. The number of hydrogen-bond acceptors (Lipinski definition) is 4. The van der Waals surface area contributed by atoms with Gasteiger partial charge in [-0.05, 0) is 42.3 Å². The Kier molecular flexibility index (Phi) is 3.95. The molecule has 3 aromatic rings. The van der Waals surface area contributed by atoms with E-state index in [4.69, 9.17) is 4.99 Å². The zero-order chi connectivity index (χ0) is 18.1. The van der Waals surface area contributed by atoms with Gasteiger partial charge in [0.15, 0.2) is 5.82 Å². The highest BCUT2D eigenvalue weighted by Gasteiger charge is 2.46. The lowest BCUT2D eigenvalue weighted by molar-refractivity contribution is 0.475. The van der Waals surface area contributed by atoms with Crippen molar-refractivity contribution in [3.63, 3.8) is 0 Å². The number of hydrogen-bond donors (Lipinski definition) is 0. The van der Waals surface area contributed by atoms with Crippen molar-refractivity contribution in [1.82, 2.24) is 9.97 Å². The Balaban J connectivity index is 1.86. The molecule has 0 aliphatic carbocycles. The lowest BCUT2D eigenvalue weighted by Crippen LogP contribution is -2.43. The van der Waals surface area contributed by atoms with Crippen molar-refractivity contribution in [1.29, 1.82) is 0 Å². The monoisotopic (exact) mass is 350 g/mol.